The summed E-state index contributed by atoms with van der Waals surface area (Å²) in [7, 11) is -2.46. The van der Waals surface area contributed by atoms with E-state index >= 15 is 0 Å². The third kappa shape index (κ3) is 5.17. The van der Waals surface area contributed by atoms with Gasteiger partial charge in [-0.3, -0.25) is 14.0 Å². The minimum atomic E-state index is -3.72. The van der Waals surface area contributed by atoms with Crippen molar-refractivity contribution in [3.8, 4) is 0 Å². The van der Waals surface area contributed by atoms with Gasteiger partial charge < -0.3 is 10.6 Å². The molecule has 10 nitrogen and oxygen atoms in total. The van der Waals surface area contributed by atoms with Gasteiger partial charge in [0.1, 0.15) is 5.82 Å². The Balaban J connectivity index is 1.64. The maximum atomic E-state index is 14.7. The Morgan fingerprint density at radius 3 is 2.69 bits per heavy atom. The van der Waals surface area contributed by atoms with Gasteiger partial charge in [-0.1, -0.05) is 12.1 Å². The van der Waals surface area contributed by atoms with Crippen molar-refractivity contribution < 1.29 is 26.4 Å². The van der Waals surface area contributed by atoms with Crippen LogP contribution in [-0.2, 0) is 27.8 Å². The van der Waals surface area contributed by atoms with E-state index < -0.39 is 34.8 Å². The van der Waals surface area contributed by atoms with Crippen LogP contribution in [0.2, 0.25) is 0 Å². The number of carbonyl (C=O) groups excluding carboxylic acids is 1. The molecule has 0 radical (unpaired) electrons. The quantitative estimate of drug-likeness (QED) is 0.412. The van der Waals surface area contributed by atoms with Crippen LogP contribution in [0.4, 0.5) is 42.1 Å². The Kier molecular flexibility index (Phi) is 6.97. The van der Waals surface area contributed by atoms with Crippen LogP contribution < -0.4 is 19.8 Å². The van der Waals surface area contributed by atoms with Gasteiger partial charge in [0.15, 0.2) is 11.6 Å². The SMILES string of the molecule is CCS(=O)(=O)N(C)c1ncccc1CN(c1nc(Nc2ccc3c(c2)NC(=O)C3)ncc1F)C(F)F. The number of rotatable bonds is 9. The summed E-state index contributed by atoms with van der Waals surface area (Å²) in [6.45, 7) is -2.32. The number of nitrogens with zero attached hydrogens (tertiary/aromatic N) is 5. The molecule has 0 unspecified atom stereocenters. The number of hydrogen-bond acceptors (Lipinski definition) is 8. The molecule has 0 saturated heterocycles. The van der Waals surface area contributed by atoms with Crippen molar-refractivity contribution in [1.29, 1.82) is 0 Å². The zero-order chi connectivity index (χ0) is 26.0. The first-order chi connectivity index (χ1) is 17.1. The number of halogens is 3. The second-order valence-corrected chi connectivity index (χ2v) is 10.1. The number of sulfonamides is 1. The third-order valence-corrected chi connectivity index (χ3v) is 7.25. The fraction of sp³-hybridized carbons (Fsp3) is 0.273. The highest BCUT2D eigenvalue weighted by Gasteiger charge is 2.27. The third-order valence-electron chi connectivity index (χ3n) is 5.51. The highest BCUT2D eigenvalue weighted by molar-refractivity contribution is 7.92. The van der Waals surface area contributed by atoms with Crippen molar-refractivity contribution in [2.24, 2.45) is 0 Å². The molecule has 0 aliphatic carbocycles. The predicted octanol–water partition coefficient (Wildman–Crippen LogP) is 3.26. The summed E-state index contributed by atoms with van der Waals surface area (Å²) in [6, 6.07) is 7.89. The van der Waals surface area contributed by atoms with Gasteiger partial charge in [0.2, 0.25) is 21.9 Å². The monoisotopic (exact) mass is 521 g/mol. The van der Waals surface area contributed by atoms with Gasteiger partial charge in [-0.15, -0.1) is 0 Å². The number of aromatic nitrogens is 3. The number of nitrogens with one attached hydrogen (secondary N) is 2. The van der Waals surface area contributed by atoms with Crippen molar-refractivity contribution in [3.05, 3.63) is 59.7 Å². The standard InChI is InChI=1S/C22H22F3N7O3S/c1-3-36(34,35)31(2)19-14(5-4-8-26-19)12-32(21(24)25)20-16(23)11-27-22(30-20)28-15-7-6-13-9-18(33)29-17(13)10-15/h4-8,10-11,21H,3,9,12H2,1-2H3,(H,29,33)(H,27,28,30). The number of hydrogen-bond donors (Lipinski definition) is 2. The van der Waals surface area contributed by atoms with Gasteiger partial charge in [0, 0.05) is 30.2 Å². The zero-order valence-electron chi connectivity index (χ0n) is 19.2. The highest BCUT2D eigenvalue weighted by Crippen LogP contribution is 2.30. The fourth-order valence-corrected chi connectivity index (χ4v) is 4.44. The lowest BCUT2D eigenvalue weighted by Gasteiger charge is -2.26. The number of alkyl halides is 2. The van der Waals surface area contributed by atoms with Crippen LogP contribution in [0.25, 0.3) is 0 Å². The molecule has 0 fully saturated rings. The molecular weight excluding hydrogens is 499 g/mol. The Morgan fingerprint density at radius 1 is 1.19 bits per heavy atom. The minimum absolute atomic E-state index is 0.0574. The number of amides is 1. The number of fused-ring (bicyclic) bond motifs is 1. The van der Waals surface area contributed by atoms with Gasteiger partial charge >= 0.3 is 6.55 Å². The molecule has 3 aromatic rings. The molecule has 1 aliphatic heterocycles. The van der Waals surface area contributed by atoms with E-state index in [9.17, 15) is 26.4 Å². The van der Waals surface area contributed by atoms with Crippen molar-refractivity contribution >= 4 is 44.9 Å². The lowest BCUT2D eigenvalue weighted by molar-refractivity contribution is -0.115. The summed E-state index contributed by atoms with van der Waals surface area (Å²) in [5, 5.41) is 5.51. The zero-order valence-corrected chi connectivity index (χ0v) is 20.1. The molecule has 36 heavy (non-hydrogen) atoms. The number of carbonyl (C=O) groups is 1. The molecule has 190 valence electrons. The highest BCUT2D eigenvalue weighted by atomic mass is 32.2. The van der Waals surface area contributed by atoms with Gasteiger partial charge in [0.05, 0.1) is 24.9 Å². The van der Waals surface area contributed by atoms with E-state index in [0.717, 1.165) is 16.1 Å². The van der Waals surface area contributed by atoms with Gasteiger partial charge in [-0.05, 0) is 30.7 Å². The summed E-state index contributed by atoms with van der Waals surface area (Å²) >= 11 is 0. The van der Waals surface area contributed by atoms with Crippen molar-refractivity contribution in [3.63, 3.8) is 0 Å². The van der Waals surface area contributed by atoms with Crippen molar-refractivity contribution in [1.82, 2.24) is 15.0 Å². The van der Waals surface area contributed by atoms with E-state index in [2.05, 4.69) is 25.6 Å². The van der Waals surface area contributed by atoms with Crippen molar-refractivity contribution in [2.45, 2.75) is 26.4 Å². The molecule has 1 aromatic carbocycles. The molecule has 3 heterocycles. The Morgan fingerprint density at radius 2 is 1.97 bits per heavy atom. The Hall–Kier alpha value is -3.94. The smallest absolute Gasteiger partial charge is 0.316 e. The first-order valence-corrected chi connectivity index (χ1v) is 12.4. The van der Waals surface area contributed by atoms with E-state index in [4.69, 9.17) is 0 Å². The van der Waals surface area contributed by atoms with E-state index in [0.29, 0.717) is 16.3 Å². The lowest BCUT2D eigenvalue weighted by Crippen LogP contribution is -2.33. The maximum Gasteiger partial charge on any atom is 0.316 e. The van der Waals surface area contributed by atoms with Crippen LogP contribution in [0, 0.1) is 5.82 Å². The van der Waals surface area contributed by atoms with Gasteiger partial charge in [0.25, 0.3) is 0 Å². The molecule has 1 amide bonds. The number of pyridine rings is 1. The van der Waals surface area contributed by atoms with Crippen LogP contribution in [0.5, 0.6) is 0 Å². The summed E-state index contributed by atoms with van der Waals surface area (Å²) in [4.78, 5) is 23.8. The first kappa shape index (κ1) is 25.2. The molecule has 2 aromatic heterocycles. The van der Waals surface area contributed by atoms with Crippen LogP contribution in [0.15, 0.2) is 42.7 Å². The number of benzene rings is 1. The molecule has 0 bridgehead atoms. The largest absolute Gasteiger partial charge is 0.325 e. The molecule has 2 N–H and O–H groups in total. The van der Waals surface area contributed by atoms with Crippen LogP contribution in [0.3, 0.4) is 0 Å². The Bertz CT molecular complexity index is 1410. The van der Waals surface area contributed by atoms with Crippen LogP contribution in [0.1, 0.15) is 18.1 Å². The van der Waals surface area contributed by atoms with Gasteiger partial charge in [-0.2, -0.15) is 13.8 Å². The summed E-state index contributed by atoms with van der Waals surface area (Å²) < 4.78 is 68.4. The molecular formula is C22H22F3N7O3S. The molecule has 1 aliphatic rings. The van der Waals surface area contributed by atoms with E-state index in [1.807, 2.05) is 0 Å². The molecule has 0 atom stereocenters. The van der Waals surface area contributed by atoms with E-state index in [-0.39, 0.29) is 35.4 Å². The molecule has 0 spiro atoms. The predicted molar refractivity (Wildman–Crippen MR) is 128 cm³/mol. The molecule has 0 saturated carbocycles. The maximum absolute atomic E-state index is 14.7. The topological polar surface area (TPSA) is 120 Å². The Labute approximate surface area is 205 Å². The normalized spacial score (nSPS) is 12.9. The van der Waals surface area contributed by atoms with Crippen LogP contribution >= 0.6 is 0 Å². The molecule has 4 rings (SSSR count). The first-order valence-electron chi connectivity index (χ1n) is 10.8. The van der Waals surface area contributed by atoms with Gasteiger partial charge in [-0.25, -0.2) is 22.8 Å². The van der Waals surface area contributed by atoms with Crippen molar-refractivity contribution in [2.75, 3.05) is 32.6 Å². The molecule has 14 heteroatoms. The van der Waals surface area contributed by atoms with E-state index in [1.165, 1.54) is 32.3 Å². The summed E-state index contributed by atoms with van der Waals surface area (Å²) in [5.41, 5.74) is 1.98. The average molecular weight is 522 g/mol. The second kappa shape index (κ2) is 9.97. The van der Waals surface area contributed by atoms with E-state index in [1.54, 1.807) is 18.2 Å². The summed E-state index contributed by atoms with van der Waals surface area (Å²) in [6.07, 6.45) is 2.34. The lowest BCUT2D eigenvalue weighted by atomic mass is 10.1. The average Bonchev–Trinajstić information content (AvgIpc) is 3.22. The minimum Gasteiger partial charge on any atom is -0.325 e. The number of anilines is 5. The van der Waals surface area contributed by atoms with Crippen LogP contribution in [-0.4, -0.2) is 48.6 Å². The fourth-order valence-electron chi connectivity index (χ4n) is 3.62. The second-order valence-electron chi connectivity index (χ2n) is 7.85. The summed E-state index contributed by atoms with van der Waals surface area (Å²) in [5.74, 6) is -2.37.